The van der Waals surface area contributed by atoms with E-state index in [0.29, 0.717) is 24.3 Å². The van der Waals surface area contributed by atoms with Gasteiger partial charge in [-0.3, -0.25) is 4.79 Å². The topological polar surface area (TPSA) is 85.8 Å². The molecule has 3 heterocycles. The highest BCUT2D eigenvalue weighted by atomic mass is 16.5. The second-order valence-corrected chi connectivity index (χ2v) is 6.04. The van der Waals surface area contributed by atoms with E-state index < -0.39 is 5.63 Å². The van der Waals surface area contributed by atoms with E-state index in [4.69, 9.17) is 9.15 Å². The average Bonchev–Trinajstić information content (AvgIpc) is 3.08. The van der Waals surface area contributed by atoms with Crippen LogP contribution in [-0.4, -0.2) is 28.4 Å². The van der Waals surface area contributed by atoms with Crippen molar-refractivity contribution >= 4 is 22.5 Å². The molecule has 0 saturated carbocycles. The Bertz CT molecular complexity index is 1130. The lowest BCUT2D eigenvalue weighted by Gasteiger charge is -2.07. The van der Waals surface area contributed by atoms with E-state index in [1.54, 1.807) is 24.3 Å². The van der Waals surface area contributed by atoms with Crippen molar-refractivity contribution in [2.45, 2.75) is 6.42 Å². The van der Waals surface area contributed by atoms with E-state index in [9.17, 15) is 9.59 Å². The molecule has 1 N–H and O–H groups in total. The van der Waals surface area contributed by atoms with E-state index in [0.717, 1.165) is 16.7 Å². The first-order valence-corrected chi connectivity index (χ1v) is 8.53. The van der Waals surface area contributed by atoms with Crippen molar-refractivity contribution in [1.82, 2.24) is 14.7 Å². The highest BCUT2D eigenvalue weighted by Crippen LogP contribution is 2.19. The molecule has 1 aromatic carbocycles. The quantitative estimate of drug-likeness (QED) is 0.531. The Kier molecular flexibility index (Phi) is 4.57. The summed E-state index contributed by atoms with van der Waals surface area (Å²) >= 11 is 0. The molecule has 4 rings (SSSR count). The monoisotopic (exact) mass is 363 g/mol. The summed E-state index contributed by atoms with van der Waals surface area (Å²) in [7, 11) is 0. The minimum atomic E-state index is -0.427. The smallest absolute Gasteiger partial charge is 0.336 e. The van der Waals surface area contributed by atoms with E-state index in [1.807, 2.05) is 35.0 Å². The van der Waals surface area contributed by atoms with Gasteiger partial charge in [-0.1, -0.05) is 6.07 Å². The number of carbonyl (C=O) groups excluding carboxylic acids is 1. The van der Waals surface area contributed by atoms with E-state index in [-0.39, 0.29) is 12.5 Å². The Morgan fingerprint density at radius 1 is 1.19 bits per heavy atom. The normalized spacial score (nSPS) is 11.0. The van der Waals surface area contributed by atoms with E-state index in [2.05, 4.69) is 10.3 Å². The highest BCUT2D eigenvalue weighted by molar-refractivity contribution is 5.79. The third kappa shape index (κ3) is 3.98. The lowest BCUT2D eigenvalue weighted by Crippen LogP contribution is -2.30. The van der Waals surface area contributed by atoms with Crippen LogP contribution in [0.15, 0.2) is 70.1 Å². The van der Waals surface area contributed by atoms with Crippen molar-refractivity contribution < 1.29 is 13.9 Å². The maximum atomic E-state index is 12.0. The van der Waals surface area contributed by atoms with Crippen molar-refractivity contribution in [2.75, 3.05) is 13.2 Å². The Labute approximate surface area is 154 Å². The van der Waals surface area contributed by atoms with Gasteiger partial charge in [-0.25, -0.2) is 9.78 Å². The van der Waals surface area contributed by atoms with Gasteiger partial charge in [-0.05, 0) is 30.3 Å². The molecule has 0 radical (unpaired) electrons. The molecular weight excluding hydrogens is 346 g/mol. The molecule has 0 spiro atoms. The first-order chi connectivity index (χ1) is 13.2. The summed E-state index contributed by atoms with van der Waals surface area (Å²) in [6.07, 6.45) is 4.51. The fraction of sp³-hybridized carbons (Fsp3) is 0.150. The second kappa shape index (κ2) is 7.33. The minimum absolute atomic E-state index is 0.117. The molecule has 7 heteroatoms. The van der Waals surface area contributed by atoms with Crippen LogP contribution in [0.1, 0.15) is 5.69 Å². The predicted octanol–water partition coefficient (Wildman–Crippen LogP) is 2.18. The summed E-state index contributed by atoms with van der Waals surface area (Å²) in [6, 6.07) is 13.9. The summed E-state index contributed by atoms with van der Waals surface area (Å²) in [5, 5.41) is 3.60. The highest BCUT2D eigenvalue weighted by Gasteiger charge is 2.06. The second-order valence-electron chi connectivity index (χ2n) is 6.04. The summed E-state index contributed by atoms with van der Waals surface area (Å²) in [4.78, 5) is 27.7. The first-order valence-electron chi connectivity index (χ1n) is 8.53. The summed E-state index contributed by atoms with van der Waals surface area (Å²) in [5.41, 5.74) is 1.79. The standard InChI is InChI=1S/C20H17N3O4/c24-19(21-9-8-15-12-23-10-2-1-3-18(23)22-15)13-26-16-6-4-14-5-7-20(25)27-17(14)11-16/h1-7,10-12H,8-9,13H2,(H,21,24). The molecule has 0 aliphatic heterocycles. The van der Waals surface area contributed by atoms with Crippen molar-refractivity contribution in [3.63, 3.8) is 0 Å². The lowest BCUT2D eigenvalue weighted by atomic mass is 10.2. The number of benzene rings is 1. The number of rotatable bonds is 6. The van der Waals surface area contributed by atoms with Crippen LogP contribution in [0.5, 0.6) is 5.75 Å². The van der Waals surface area contributed by atoms with Crippen LogP contribution in [0, 0.1) is 0 Å². The van der Waals surface area contributed by atoms with Crippen LogP contribution in [0.3, 0.4) is 0 Å². The molecule has 4 aromatic rings. The molecule has 0 unspecified atom stereocenters. The molecule has 27 heavy (non-hydrogen) atoms. The van der Waals surface area contributed by atoms with Gasteiger partial charge in [0.05, 0.1) is 5.69 Å². The van der Waals surface area contributed by atoms with E-state index >= 15 is 0 Å². The average molecular weight is 363 g/mol. The van der Waals surface area contributed by atoms with Gasteiger partial charge in [0.2, 0.25) is 0 Å². The Hall–Kier alpha value is -3.61. The van der Waals surface area contributed by atoms with Crippen LogP contribution < -0.4 is 15.7 Å². The summed E-state index contributed by atoms with van der Waals surface area (Å²) in [5.74, 6) is 0.237. The molecule has 1 amide bonds. The fourth-order valence-electron chi connectivity index (χ4n) is 2.77. The SMILES string of the molecule is O=C(COc1ccc2ccc(=O)oc2c1)NCCc1cn2ccccc2n1. The number of aromatic nitrogens is 2. The number of nitrogens with zero attached hydrogens (tertiary/aromatic N) is 2. The number of hydrogen-bond acceptors (Lipinski definition) is 5. The van der Waals surface area contributed by atoms with Crippen LogP contribution in [-0.2, 0) is 11.2 Å². The van der Waals surface area contributed by atoms with Crippen LogP contribution in [0.2, 0.25) is 0 Å². The molecule has 136 valence electrons. The van der Waals surface area contributed by atoms with Gasteiger partial charge in [-0.15, -0.1) is 0 Å². The van der Waals surface area contributed by atoms with Gasteiger partial charge in [-0.2, -0.15) is 0 Å². The van der Waals surface area contributed by atoms with Gasteiger partial charge in [0, 0.05) is 42.9 Å². The predicted molar refractivity (Wildman–Crippen MR) is 99.9 cm³/mol. The van der Waals surface area contributed by atoms with Crippen LogP contribution in [0.25, 0.3) is 16.6 Å². The van der Waals surface area contributed by atoms with Crippen molar-refractivity contribution in [1.29, 1.82) is 0 Å². The first kappa shape index (κ1) is 16.8. The number of amides is 1. The zero-order valence-electron chi connectivity index (χ0n) is 14.4. The van der Waals surface area contributed by atoms with E-state index in [1.165, 1.54) is 6.07 Å². The minimum Gasteiger partial charge on any atom is -0.484 e. The molecule has 3 aromatic heterocycles. The maximum absolute atomic E-state index is 12.0. The van der Waals surface area contributed by atoms with Crippen molar-refractivity contribution in [3.8, 4) is 5.75 Å². The number of pyridine rings is 1. The third-order valence-electron chi connectivity index (χ3n) is 4.08. The van der Waals surface area contributed by atoms with Crippen molar-refractivity contribution in [3.05, 3.63) is 77.0 Å². The largest absolute Gasteiger partial charge is 0.484 e. The molecular formula is C20H17N3O4. The molecule has 0 bridgehead atoms. The molecule has 0 aliphatic carbocycles. The lowest BCUT2D eigenvalue weighted by molar-refractivity contribution is -0.123. The molecule has 7 nitrogen and oxygen atoms in total. The number of nitrogens with one attached hydrogen (secondary N) is 1. The van der Waals surface area contributed by atoms with Crippen LogP contribution in [0.4, 0.5) is 0 Å². The number of fused-ring (bicyclic) bond motifs is 2. The molecule has 0 aliphatic rings. The number of carbonyl (C=O) groups is 1. The molecule has 0 fully saturated rings. The summed E-state index contributed by atoms with van der Waals surface area (Å²) in [6.45, 7) is 0.354. The molecule has 0 atom stereocenters. The molecule has 0 saturated heterocycles. The Balaban J connectivity index is 1.28. The zero-order valence-corrected chi connectivity index (χ0v) is 14.4. The van der Waals surface area contributed by atoms with Gasteiger partial charge in [0.15, 0.2) is 6.61 Å². The van der Waals surface area contributed by atoms with Crippen LogP contribution >= 0.6 is 0 Å². The fourth-order valence-corrected chi connectivity index (χ4v) is 2.77. The zero-order chi connectivity index (χ0) is 18.6. The number of hydrogen-bond donors (Lipinski definition) is 1. The van der Waals surface area contributed by atoms with Gasteiger partial charge in [0.25, 0.3) is 5.91 Å². The van der Waals surface area contributed by atoms with Gasteiger partial charge >= 0.3 is 5.63 Å². The maximum Gasteiger partial charge on any atom is 0.336 e. The third-order valence-corrected chi connectivity index (χ3v) is 4.08. The number of ether oxygens (including phenoxy) is 1. The Morgan fingerprint density at radius 3 is 2.96 bits per heavy atom. The van der Waals surface area contributed by atoms with Gasteiger partial charge in [0.1, 0.15) is 17.0 Å². The van der Waals surface area contributed by atoms with Gasteiger partial charge < -0.3 is 18.9 Å². The summed E-state index contributed by atoms with van der Waals surface area (Å²) < 4.78 is 12.5. The Morgan fingerprint density at radius 2 is 2.07 bits per heavy atom. The van der Waals surface area contributed by atoms with Crippen molar-refractivity contribution in [2.24, 2.45) is 0 Å². The number of imidazole rings is 1.